The summed E-state index contributed by atoms with van der Waals surface area (Å²) in [6.45, 7) is 0. The highest BCUT2D eigenvalue weighted by atomic mass is 32.2. The maximum Gasteiger partial charge on any atom is 0.248 e. The van der Waals surface area contributed by atoms with Crippen LogP contribution in [0.25, 0.3) is 0 Å². The molecule has 3 fully saturated rings. The van der Waals surface area contributed by atoms with Crippen molar-refractivity contribution in [1.82, 2.24) is 9.80 Å². The van der Waals surface area contributed by atoms with E-state index >= 15 is 0 Å². The van der Waals surface area contributed by atoms with E-state index in [1.807, 2.05) is 70.5 Å². The van der Waals surface area contributed by atoms with Crippen molar-refractivity contribution in [3.8, 4) is 0 Å². The van der Waals surface area contributed by atoms with E-state index in [-0.39, 0.29) is 34.6 Å². The third-order valence-electron chi connectivity index (χ3n) is 5.25. The van der Waals surface area contributed by atoms with E-state index in [1.165, 1.54) is 0 Å². The average molecular weight is 383 g/mol. The van der Waals surface area contributed by atoms with Crippen LogP contribution in [0.4, 0.5) is 0 Å². The van der Waals surface area contributed by atoms with Crippen molar-refractivity contribution < 1.29 is 9.59 Å². The first kappa shape index (κ1) is 16.3. The van der Waals surface area contributed by atoms with Crippen molar-refractivity contribution in [3.63, 3.8) is 0 Å². The molecule has 0 spiro atoms. The van der Waals surface area contributed by atoms with E-state index in [9.17, 15) is 9.59 Å². The van der Waals surface area contributed by atoms with Crippen LogP contribution in [0, 0.1) is 0 Å². The lowest BCUT2D eigenvalue weighted by molar-refractivity contribution is -0.159. The molecule has 0 aliphatic carbocycles. The van der Waals surface area contributed by atoms with Crippen molar-refractivity contribution in [2.45, 2.75) is 22.8 Å². The number of amides is 2. The number of benzene rings is 2. The average Bonchev–Trinajstić information content (AvgIpc) is 3.33. The molecule has 3 heterocycles. The third-order valence-corrected chi connectivity index (χ3v) is 7.90. The Balaban J connectivity index is 1.48. The molecule has 132 valence electrons. The van der Waals surface area contributed by atoms with Gasteiger partial charge in [-0.1, -0.05) is 60.7 Å². The summed E-state index contributed by atoms with van der Waals surface area (Å²) in [6, 6.07) is 19.4. The molecular formula is C20H18N2O2S2. The molecule has 4 nitrogen and oxygen atoms in total. The molecule has 3 aliphatic rings. The van der Waals surface area contributed by atoms with Crippen molar-refractivity contribution in [1.29, 1.82) is 0 Å². The Bertz CT molecular complexity index is 774. The molecule has 0 saturated carbocycles. The molecule has 5 rings (SSSR count). The highest BCUT2D eigenvalue weighted by Gasteiger charge is 2.56. The van der Waals surface area contributed by atoms with Gasteiger partial charge in [0.1, 0.15) is 22.8 Å². The maximum absolute atomic E-state index is 13.3. The SMILES string of the molecule is O=C1[C@@H]2CSC(c3ccccc3)N2C(=O)[C@@H]2CSC(c3ccccc3)N12. The van der Waals surface area contributed by atoms with Crippen LogP contribution in [-0.4, -0.2) is 45.2 Å². The van der Waals surface area contributed by atoms with Crippen molar-refractivity contribution in [2.75, 3.05) is 11.5 Å². The molecule has 6 heteroatoms. The molecule has 26 heavy (non-hydrogen) atoms. The highest BCUT2D eigenvalue weighted by molar-refractivity contribution is 8.00. The fourth-order valence-corrected chi connectivity index (χ4v) is 6.88. The van der Waals surface area contributed by atoms with Gasteiger partial charge in [-0.15, -0.1) is 23.5 Å². The Hall–Kier alpha value is -1.92. The molecular weight excluding hydrogens is 364 g/mol. The normalized spacial score (nSPS) is 30.5. The van der Waals surface area contributed by atoms with E-state index in [1.54, 1.807) is 23.5 Å². The first-order chi connectivity index (χ1) is 12.8. The van der Waals surface area contributed by atoms with E-state index in [0.29, 0.717) is 11.5 Å². The van der Waals surface area contributed by atoms with Crippen molar-refractivity contribution >= 4 is 35.3 Å². The van der Waals surface area contributed by atoms with Crippen LogP contribution in [0.15, 0.2) is 60.7 Å². The summed E-state index contributed by atoms with van der Waals surface area (Å²) >= 11 is 3.39. The number of piperazine rings is 1. The molecule has 2 amide bonds. The number of fused-ring (bicyclic) bond motifs is 2. The van der Waals surface area contributed by atoms with E-state index in [4.69, 9.17) is 0 Å². The van der Waals surface area contributed by atoms with Crippen LogP contribution >= 0.6 is 23.5 Å². The smallest absolute Gasteiger partial charge is 0.248 e. The van der Waals surface area contributed by atoms with E-state index in [2.05, 4.69) is 0 Å². The van der Waals surface area contributed by atoms with Gasteiger partial charge in [-0.2, -0.15) is 0 Å². The molecule has 2 unspecified atom stereocenters. The predicted molar refractivity (Wildman–Crippen MR) is 105 cm³/mol. The summed E-state index contributed by atoms with van der Waals surface area (Å²) in [5.41, 5.74) is 2.19. The van der Waals surface area contributed by atoms with Gasteiger partial charge >= 0.3 is 0 Å². The van der Waals surface area contributed by atoms with Gasteiger partial charge in [0.25, 0.3) is 0 Å². The molecule has 0 N–H and O–H groups in total. The molecule has 0 aromatic heterocycles. The van der Waals surface area contributed by atoms with Crippen LogP contribution in [-0.2, 0) is 9.59 Å². The molecule has 0 bridgehead atoms. The number of carbonyl (C=O) groups excluding carboxylic acids is 2. The number of thioether (sulfide) groups is 2. The minimum atomic E-state index is -0.348. The van der Waals surface area contributed by atoms with E-state index < -0.39 is 0 Å². The molecule has 3 aliphatic heterocycles. The quantitative estimate of drug-likeness (QED) is 0.799. The summed E-state index contributed by atoms with van der Waals surface area (Å²) in [4.78, 5) is 30.3. The second-order valence-electron chi connectivity index (χ2n) is 6.72. The van der Waals surface area contributed by atoms with Gasteiger partial charge in [-0.3, -0.25) is 9.59 Å². The Morgan fingerprint density at radius 2 is 1.04 bits per heavy atom. The van der Waals surface area contributed by atoms with Crippen LogP contribution in [0.3, 0.4) is 0 Å². The Labute approximate surface area is 160 Å². The summed E-state index contributed by atoms with van der Waals surface area (Å²) in [5, 5.41) is -0.110. The zero-order valence-electron chi connectivity index (χ0n) is 14.0. The van der Waals surface area contributed by atoms with Crippen LogP contribution in [0.5, 0.6) is 0 Å². The fourth-order valence-electron chi connectivity index (χ4n) is 4.02. The molecule has 4 atom stereocenters. The van der Waals surface area contributed by atoms with Gasteiger partial charge in [0.05, 0.1) is 0 Å². The summed E-state index contributed by atoms with van der Waals surface area (Å²) in [5.74, 6) is 1.53. The third kappa shape index (κ3) is 2.39. The van der Waals surface area contributed by atoms with Gasteiger partial charge < -0.3 is 9.80 Å². The van der Waals surface area contributed by atoms with Gasteiger partial charge in [0.15, 0.2) is 0 Å². The first-order valence-electron chi connectivity index (χ1n) is 8.73. The van der Waals surface area contributed by atoms with Crippen molar-refractivity contribution in [3.05, 3.63) is 71.8 Å². The molecule has 2 aromatic carbocycles. The number of carbonyl (C=O) groups is 2. The lowest BCUT2D eigenvalue weighted by Crippen LogP contribution is -2.62. The lowest BCUT2D eigenvalue weighted by atomic mass is 10.0. The van der Waals surface area contributed by atoms with Gasteiger partial charge in [0, 0.05) is 11.5 Å². The Morgan fingerprint density at radius 1 is 0.654 bits per heavy atom. The number of rotatable bonds is 2. The Morgan fingerprint density at radius 3 is 1.42 bits per heavy atom. The van der Waals surface area contributed by atoms with Gasteiger partial charge in [-0.05, 0) is 11.1 Å². The monoisotopic (exact) mass is 382 g/mol. The van der Waals surface area contributed by atoms with Crippen LogP contribution in [0.2, 0.25) is 0 Å². The zero-order valence-corrected chi connectivity index (χ0v) is 15.7. The van der Waals surface area contributed by atoms with Crippen molar-refractivity contribution in [2.24, 2.45) is 0 Å². The number of hydrogen-bond acceptors (Lipinski definition) is 4. The topological polar surface area (TPSA) is 40.6 Å². The molecule has 0 radical (unpaired) electrons. The summed E-state index contributed by atoms with van der Waals surface area (Å²) in [6.07, 6.45) is 0. The molecule has 3 saturated heterocycles. The van der Waals surface area contributed by atoms with Crippen LogP contribution < -0.4 is 0 Å². The second kappa shape index (κ2) is 6.35. The standard InChI is InChI=1S/C20H18N2O2S2/c23-17-16-12-26-20(14-9-5-2-6-10-14)22(16)18(24)15-11-25-19(21(15)17)13-7-3-1-4-8-13/h1-10,15-16,19-20H,11-12H2/t15-,16-,19?,20?/m0/s1. The number of nitrogens with zero attached hydrogens (tertiary/aromatic N) is 2. The Kier molecular flexibility index (Phi) is 3.98. The fraction of sp³-hybridized carbons (Fsp3) is 0.300. The van der Waals surface area contributed by atoms with Gasteiger partial charge in [-0.25, -0.2) is 0 Å². The predicted octanol–water partition coefficient (Wildman–Crippen LogP) is 3.29. The zero-order chi connectivity index (χ0) is 17.7. The highest BCUT2D eigenvalue weighted by Crippen LogP contribution is 2.50. The van der Waals surface area contributed by atoms with E-state index in [0.717, 1.165) is 11.1 Å². The maximum atomic E-state index is 13.3. The summed E-state index contributed by atoms with van der Waals surface area (Å²) < 4.78 is 0. The second-order valence-corrected chi connectivity index (χ2v) is 8.94. The first-order valence-corrected chi connectivity index (χ1v) is 10.8. The minimum Gasteiger partial charge on any atom is -0.312 e. The van der Waals surface area contributed by atoms with Crippen LogP contribution in [0.1, 0.15) is 21.9 Å². The largest absolute Gasteiger partial charge is 0.312 e. The summed E-state index contributed by atoms with van der Waals surface area (Å²) in [7, 11) is 0. The lowest BCUT2D eigenvalue weighted by Gasteiger charge is -2.42. The minimum absolute atomic E-state index is 0.0550. The van der Waals surface area contributed by atoms with Gasteiger partial charge in [0.2, 0.25) is 11.8 Å². The number of hydrogen-bond donors (Lipinski definition) is 0. The molecule has 2 aromatic rings.